The predicted octanol–water partition coefficient (Wildman–Crippen LogP) is 5.95. The van der Waals surface area contributed by atoms with Gasteiger partial charge >= 0.3 is 0 Å². The van der Waals surface area contributed by atoms with E-state index in [2.05, 4.69) is 17.6 Å². The van der Waals surface area contributed by atoms with Crippen LogP contribution in [-0.2, 0) is 19.6 Å². The molecular weight excluding hydrogens is 422 g/mol. The Morgan fingerprint density at radius 2 is 1.78 bits per heavy atom. The van der Waals surface area contributed by atoms with Gasteiger partial charge in [-0.15, -0.1) is 0 Å². The molecule has 1 amide bonds. The lowest BCUT2D eigenvalue weighted by molar-refractivity contribution is 0.0720. The lowest BCUT2D eigenvalue weighted by Crippen LogP contribution is -2.31. The van der Waals surface area contributed by atoms with Gasteiger partial charge in [0.1, 0.15) is 11.6 Å². The van der Waals surface area contributed by atoms with Crippen LogP contribution < -0.4 is 4.74 Å². The van der Waals surface area contributed by atoms with Crippen molar-refractivity contribution in [2.24, 2.45) is 0 Å². The molecule has 6 heteroatoms. The number of methoxy groups -OCH3 is 1. The minimum Gasteiger partial charge on any atom is -0.496 e. The number of benzene rings is 3. The number of ether oxygens (including phenoxy) is 1. The van der Waals surface area contributed by atoms with Crippen molar-refractivity contribution >= 4 is 28.5 Å². The highest BCUT2D eigenvalue weighted by molar-refractivity contribution is 6.31. The fourth-order valence-corrected chi connectivity index (χ4v) is 4.08. The second-order valence-corrected chi connectivity index (χ2v) is 8.10. The highest BCUT2D eigenvalue weighted by Crippen LogP contribution is 2.26. The van der Waals surface area contributed by atoms with Crippen molar-refractivity contribution in [2.45, 2.75) is 33.0 Å². The second kappa shape index (κ2) is 9.88. The van der Waals surface area contributed by atoms with E-state index in [0.29, 0.717) is 29.4 Å². The number of aryl methyl sites for hydroxylation is 1. The molecule has 1 aromatic heterocycles. The second-order valence-electron chi connectivity index (χ2n) is 7.66. The Labute approximate surface area is 193 Å². The van der Waals surface area contributed by atoms with Crippen LogP contribution in [0.3, 0.4) is 0 Å². The Morgan fingerprint density at radius 1 is 1.03 bits per heavy atom. The van der Waals surface area contributed by atoms with Crippen molar-refractivity contribution in [2.75, 3.05) is 7.11 Å². The third-order valence-electron chi connectivity index (χ3n) is 5.41. The van der Waals surface area contributed by atoms with Crippen LogP contribution in [0, 0.1) is 0 Å². The zero-order chi connectivity index (χ0) is 22.5. The van der Waals surface area contributed by atoms with Crippen LogP contribution in [0.5, 0.6) is 5.75 Å². The van der Waals surface area contributed by atoms with E-state index in [1.807, 2.05) is 48.5 Å². The smallest absolute Gasteiger partial charge is 0.258 e. The molecule has 0 saturated carbocycles. The molecule has 0 N–H and O–H groups in total. The monoisotopic (exact) mass is 447 g/mol. The number of aromatic nitrogens is 2. The maximum Gasteiger partial charge on any atom is 0.258 e. The normalized spacial score (nSPS) is 11.0. The topological polar surface area (TPSA) is 47.4 Å². The lowest BCUT2D eigenvalue weighted by Gasteiger charge is -2.24. The molecule has 4 aromatic rings. The van der Waals surface area contributed by atoms with Gasteiger partial charge in [-0.1, -0.05) is 61.0 Å². The summed E-state index contributed by atoms with van der Waals surface area (Å²) in [4.78, 5) is 20.4. The van der Waals surface area contributed by atoms with Crippen LogP contribution in [0.4, 0.5) is 0 Å². The summed E-state index contributed by atoms with van der Waals surface area (Å²) in [5.74, 6) is 1.21. The molecule has 0 fully saturated rings. The number of hydrogen-bond donors (Lipinski definition) is 0. The summed E-state index contributed by atoms with van der Waals surface area (Å²) in [7, 11) is 1.56. The van der Waals surface area contributed by atoms with Crippen molar-refractivity contribution in [3.8, 4) is 5.75 Å². The molecule has 0 atom stereocenters. The molecule has 0 aliphatic rings. The van der Waals surface area contributed by atoms with Crippen molar-refractivity contribution < 1.29 is 9.53 Å². The van der Waals surface area contributed by atoms with Gasteiger partial charge in [0.2, 0.25) is 0 Å². The summed E-state index contributed by atoms with van der Waals surface area (Å²) in [5.41, 5.74) is 3.49. The molecule has 0 unspecified atom stereocenters. The highest BCUT2D eigenvalue weighted by Gasteiger charge is 2.23. The van der Waals surface area contributed by atoms with E-state index in [4.69, 9.17) is 21.3 Å². The van der Waals surface area contributed by atoms with Gasteiger partial charge in [-0.05, 0) is 42.3 Å². The molecule has 3 aromatic carbocycles. The van der Waals surface area contributed by atoms with Gasteiger partial charge in [0.05, 0.1) is 30.3 Å². The molecule has 164 valence electrons. The van der Waals surface area contributed by atoms with Gasteiger partial charge in [0.15, 0.2) is 0 Å². The zero-order valence-corrected chi connectivity index (χ0v) is 19.0. The third-order valence-corrected chi connectivity index (χ3v) is 5.64. The van der Waals surface area contributed by atoms with Crippen LogP contribution >= 0.6 is 11.6 Å². The molecule has 0 radical (unpaired) electrons. The van der Waals surface area contributed by atoms with Gasteiger partial charge in [-0.2, -0.15) is 0 Å². The Kier molecular flexibility index (Phi) is 6.76. The first-order chi connectivity index (χ1) is 15.6. The number of para-hydroxylation sites is 2. The van der Waals surface area contributed by atoms with Crippen molar-refractivity contribution in [1.29, 1.82) is 0 Å². The predicted molar refractivity (Wildman–Crippen MR) is 128 cm³/mol. The van der Waals surface area contributed by atoms with Gasteiger partial charge in [0.25, 0.3) is 5.91 Å². The van der Waals surface area contributed by atoms with Gasteiger partial charge in [-0.3, -0.25) is 4.79 Å². The maximum atomic E-state index is 13.7. The lowest BCUT2D eigenvalue weighted by atomic mass is 10.1. The Hall–Kier alpha value is -3.31. The van der Waals surface area contributed by atoms with E-state index >= 15 is 0 Å². The number of nitrogens with zero attached hydrogens (tertiary/aromatic N) is 3. The Bertz CT molecular complexity index is 1220. The molecule has 0 aliphatic carbocycles. The van der Waals surface area contributed by atoms with Gasteiger partial charge in [-0.25, -0.2) is 4.98 Å². The summed E-state index contributed by atoms with van der Waals surface area (Å²) in [5, 5.41) is 0.493. The number of fused-ring (bicyclic) bond motifs is 1. The number of hydrogen-bond acceptors (Lipinski definition) is 3. The summed E-state index contributed by atoms with van der Waals surface area (Å²) >= 11 is 6.22. The molecule has 0 bridgehead atoms. The van der Waals surface area contributed by atoms with Crippen LogP contribution in [0.1, 0.15) is 35.1 Å². The zero-order valence-electron chi connectivity index (χ0n) is 18.3. The average molecular weight is 448 g/mol. The molecule has 0 aliphatic heterocycles. The molecule has 32 heavy (non-hydrogen) atoms. The molecular formula is C26H26ClN3O2. The molecule has 5 nitrogen and oxygen atoms in total. The number of halogens is 1. The third kappa shape index (κ3) is 4.63. The summed E-state index contributed by atoms with van der Waals surface area (Å²) < 4.78 is 7.66. The summed E-state index contributed by atoms with van der Waals surface area (Å²) in [6.45, 7) is 3.80. The first-order valence-electron chi connectivity index (χ1n) is 10.7. The quantitative estimate of drug-likeness (QED) is 0.335. The van der Waals surface area contributed by atoms with Crippen LogP contribution in [-0.4, -0.2) is 27.5 Å². The van der Waals surface area contributed by atoms with E-state index in [1.54, 1.807) is 30.2 Å². The van der Waals surface area contributed by atoms with Crippen molar-refractivity contribution in [3.63, 3.8) is 0 Å². The molecule has 0 spiro atoms. The Balaban J connectivity index is 1.76. The molecule has 1 heterocycles. The minimum atomic E-state index is -0.150. The summed E-state index contributed by atoms with van der Waals surface area (Å²) in [6.07, 6.45) is 0.974. The summed E-state index contributed by atoms with van der Waals surface area (Å²) in [6, 6.07) is 23.2. The van der Waals surface area contributed by atoms with Crippen LogP contribution in [0.2, 0.25) is 5.02 Å². The largest absolute Gasteiger partial charge is 0.496 e. The first kappa shape index (κ1) is 21.9. The first-order valence-corrected chi connectivity index (χ1v) is 11.1. The van der Waals surface area contributed by atoms with Crippen LogP contribution in [0.25, 0.3) is 11.0 Å². The van der Waals surface area contributed by atoms with E-state index < -0.39 is 0 Å². The minimum absolute atomic E-state index is 0.150. The molecule has 4 rings (SSSR count). The highest BCUT2D eigenvalue weighted by atomic mass is 35.5. The number of imidazole rings is 1. The van der Waals surface area contributed by atoms with Crippen molar-refractivity contribution in [1.82, 2.24) is 14.5 Å². The van der Waals surface area contributed by atoms with Gasteiger partial charge < -0.3 is 14.2 Å². The number of amides is 1. The fourth-order valence-electron chi connectivity index (χ4n) is 3.91. The van der Waals surface area contributed by atoms with E-state index in [9.17, 15) is 4.79 Å². The van der Waals surface area contributed by atoms with E-state index in [1.165, 1.54) is 0 Å². The van der Waals surface area contributed by atoms with E-state index in [0.717, 1.165) is 35.4 Å². The van der Waals surface area contributed by atoms with Crippen LogP contribution in [0.15, 0.2) is 72.8 Å². The SMILES string of the molecule is CCCn1c(CN(Cc2ccccc2)C(=O)c2cc(Cl)ccc2OC)nc2ccccc21. The number of carbonyl (C=O) groups is 1. The van der Waals surface area contributed by atoms with E-state index in [-0.39, 0.29) is 5.91 Å². The maximum absolute atomic E-state index is 13.7. The fraction of sp³-hybridized carbons (Fsp3) is 0.231. The van der Waals surface area contributed by atoms with Crippen molar-refractivity contribution in [3.05, 3.63) is 94.8 Å². The standard InChI is InChI=1S/C26H26ClN3O2/c1-3-15-30-23-12-8-7-11-22(23)28-25(30)18-29(17-19-9-5-4-6-10-19)26(31)21-16-20(27)13-14-24(21)32-2/h4-14,16H,3,15,17-18H2,1-2H3. The number of carbonyl (C=O) groups excluding carboxylic acids is 1. The Morgan fingerprint density at radius 3 is 2.53 bits per heavy atom. The average Bonchev–Trinajstić information content (AvgIpc) is 3.16. The number of rotatable bonds is 8. The van der Waals surface area contributed by atoms with Gasteiger partial charge in [0, 0.05) is 18.1 Å². The molecule has 0 saturated heterocycles.